The van der Waals surface area contributed by atoms with Gasteiger partial charge in [-0.1, -0.05) is 47.7 Å². The molecule has 3 rings (SSSR count). The highest BCUT2D eigenvalue weighted by Crippen LogP contribution is 2.22. The van der Waals surface area contributed by atoms with Crippen LogP contribution in [0.1, 0.15) is 24.0 Å². The van der Waals surface area contributed by atoms with E-state index in [1.54, 1.807) is 0 Å². The van der Waals surface area contributed by atoms with Gasteiger partial charge < -0.3 is 10.2 Å². The Morgan fingerprint density at radius 2 is 1.85 bits per heavy atom. The number of likely N-dealkylation sites (tertiary alicyclic amines) is 1. The van der Waals surface area contributed by atoms with Crippen molar-refractivity contribution in [2.45, 2.75) is 26.7 Å². The first-order chi connectivity index (χ1) is 12.6. The van der Waals surface area contributed by atoms with Gasteiger partial charge >= 0.3 is 0 Å². The molecule has 0 unspecified atom stereocenters. The van der Waals surface area contributed by atoms with Crippen LogP contribution in [0.2, 0.25) is 0 Å². The van der Waals surface area contributed by atoms with Crippen molar-refractivity contribution in [3.05, 3.63) is 59.7 Å². The summed E-state index contributed by atoms with van der Waals surface area (Å²) in [5, 5.41) is 3.95. The first-order valence-electron chi connectivity index (χ1n) is 9.00. The third-order valence-corrected chi connectivity index (χ3v) is 5.36. The second kappa shape index (κ2) is 8.90. The Morgan fingerprint density at radius 3 is 2.54 bits per heavy atom. The van der Waals surface area contributed by atoms with E-state index in [4.69, 9.17) is 4.99 Å². The summed E-state index contributed by atoms with van der Waals surface area (Å²) in [6.45, 7) is 6.09. The molecule has 1 aliphatic rings. The molecule has 1 heterocycles. The number of carbonyl (C=O) groups excluding carboxylic acids is 1. The molecular weight excluding hydrogens is 342 g/mol. The Morgan fingerprint density at radius 1 is 1.12 bits per heavy atom. The first kappa shape index (κ1) is 18.5. The maximum absolute atomic E-state index is 12.4. The van der Waals surface area contributed by atoms with Crippen LogP contribution in [-0.2, 0) is 4.79 Å². The second-order valence-electron chi connectivity index (χ2n) is 6.58. The number of nitrogens with one attached hydrogen (secondary N) is 1. The zero-order valence-electron chi connectivity index (χ0n) is 15.4. The molecule has 0 aromatic heterocycles. The Bertz CT molecular complexity index is 783. The number of hydrogen-bond acceptors (Lipinski definition) is 3. The van der Waals surface area contributed by atoms with Gasteiger partial charge in [0.25, 0.3) is 0 Å². The number of anilines is 1. The third-order valence-electron chi connectivity index (χ3n) is 4.35. The molecule has 26 heavy (non-hydrogen) atoms. The standard InChI is InChI=1S/C21H25N3OS/c1-16-10-11-19(17(2)14-16)23-20(25)15-26-21(24-12-6-7-13-24)22-18-8-4-3-5-9-18/h3-5,8-11,14H,6-7,12-13,15H2,1-2H3,(H,23,25). The number of amidine groups is 1. The van der Waals surface area contributed by atoms with Gasteiger partial charge in [-0.2, -0.15) is 0 Å². The minimum atomic E-state index is 0.00177. The normalized spacial score (nSPS) is 14.5. The van der Waals surface area contributed by atoms with Crippen LogP contribution in [0.15, 0.2) is 53.5 Å². The lowest BCUT2D eigenvalue weighted by molar-refractivity contribution is -0.113. The number of benzene rings is 2. The number of carbonyl (C=O) groups is 1. The smallest absolute Gasteiger partial charge is 0.234 e. The van der Waals surface area contributed by atoms with Gasteiger partial charge in [0.1, 0.15) is 0 Å². The molecular formula is C21H25N3OS. The maximum atomic E-state index is 12.4. The molecule has 1 saturated heterocycles. The van der Waals surface area contributed by atoms with Crippen molar-refractivity contribution >= 4 is 34.2 Å². The highest BCUT2D eigenvalue weighted by Gasteiger charge is 2.18. The molecule has 1 fully saturated rings. The predicted molar refractivity (Wildman–Crippen MR) is 111 cm³/mol. The summed E-state index contributed by atoms with van der Waals surface area (Å²) >= 11 is 1.51. The lowest BCUT2D eigenvalue weighted by Crippen LogP contribution is -2.27. The number of nitrogens with zero attached hydrogens (tertiary/aromatic N) is 2. The van der Waals surface area contributed by atoms with Crippen LogP contribution >= 0.6 is 11.8 Å². The monoisotopic (exact) mass is 367 g/mol. The molecule has 0 bridgehead atoms. The van der Waals surface area contributed by atoms with Gasteiger partial charge in [0, 0.05) is 18.8 Å². The van der Waals surface area contributed by atoms with Gasteiger partial charge in [-0.15, -0.1) is 0 Å². The zero-order valence-corrected chi connectivity index (χ0v) is 16.2. The van der Waals surface area contributed by atoms with E-state index in [0.29, 0.717) is 5.75 Å². The van der Waals surface area contributed by atoms with Crippen LogP contribution in [0.5, 0.6) is 0 Å². The number of para-hydroxylation sites is 1. The van der Waals surface area contributed by atoms with Crippen molar-refractivity contribution in [2.24, 2.45) is 4.99 Å². The fraction of sp³-hybridized carbons (Fsp3) is 0.333. The summed E-state index contributed by atoms with van der Waals surface area (Å²) in [4.78, 5) is 19.5. The molecule has 0 saturated carbocycles. The molecule has 1 N–H and O–H groups in total. The van der Waals surface area contributed by atoms with E-state index in [0.717, 1.165) is 35.2 Å². The lowest BCUT2D eigenvalue weighted by atomic mass is 10.1. The number of aliphatic imine (C=N–C) groups is 1. The molecule has 0 spiro atoms. The van der Waals surface area contributed by atoms with Crippen LogP contribution < -0.4 is 5.32 Å². The minimum absolute atomic E-state index is 0.00177. The number of amides is 1. The Hall–Kier alpha value is -2.27. The van der Waals surface area contributed by atoms with Gasteiger partial charge in [0.05, 0.1) is 11.4 Å². The topological polar surface area (TPSA) is 44.7 Å². The van der Waals surface area contributed by atoms with Gasteiger partial charge in [0.15, 0.2) is 5.17 Å². The average molecular weight is 368 g/mol. The van der Waals surface area contributed by atoms with Gasteiger partial charge in [0.2, 0.25) is 5.91 Å². The van der Waals surface area contributed by atoms with Gasteiger partial charge in [-0.05, 0) is 50.5 Å². The second-order valence-corrected chi connectivity index (χ2v) is 7.52. The van der Waals surface area contributed by atoms with E-state index in [1.807, 2.05) is 49.4 Å². The molecule has 2 aromatic carbocycles. The summed E-state index contributed by atoms with van der Waals surface area (Å²) < 4.78 is 0. The summed E-state index contributed by atoms with van der Waals surface area (Å²) in [5.41, 5.74) is 4.09. The average Bonchev–Trinajstić information content (AvgIpc) is 3.16. The van der Waals surface area contributed by atoms with Crippen molar-refractivity contribution in [3.8, 4) is 0 Å². The van der Waals surface area contributed by atoms with Crippen molar-refractivity contribution in [2.75, 3.05) is 24.2 Å². The molecule has 2 aromatic rings. The summed E-state index contributed by atoms with van der Waals surface area (Å²) in [7, 11) is 0. The molecule has 1 amide bonds. The van der Waals surface area contributed by atoms with Crippen LogP contribution in [-0.4, -0.2) is 34.8 Å². The molecule has 0 atom stereocenters. The number of thioether (sulfide) groups is 1. The SMILES string of the molecule is Cc1ccc(NC(=O)CSC(=Nc2ccccc2)N2CCCC2)c(C)c1. The highest BCUT2D eigenvalue weighted by atomic mass is 32.2. The molecule has 4 nitrogen and oxygen atoms in total. The van der Waals surface area contributed by atoms with Crippen LogP contribution in [0.4, 0.5) is 11.4 Å². The van der Waals surface area contributed by atoms with E-state index in [9.17, 15) is 4.79 Å². The number of aryl methyl sites for hydroxylation is 2. The Balaban J connectivity index is 1.65. The van der Waals surface area contributed by atoms with E-state index < -0.39 is 0 Å². The van der Waals surface area contributed by atoms with E-state index >= 15 is 0 Å². The van der Waals surface area contributed by atoms with Crippen molar-refractivity contribution in [3.63, 3.8) is 0 Å². The van der Waals surface area contributed by atoms with E-state index in [1.165, 1.54) is 30.2 Å². The van der Waals surface area contributed by atoms with Crippen LogP contribution in [0.3, 0.4) is 0 Å². The van der Waals surface area contributed by atoms with E-state index in [2.05, 4.69) is 23.2 Å². The van der Waals surface area contributed by atoms with E-state index in [-0.39, 0.29) is 5.91 Å². The van der Waals surface area contributed by atoms with Crippen molar-refractivity contribution < 1.29 is 4.79 Å². The summed E-state index contributed by atoms with van der Waals surface area (Å²) in [6, 6.07) is 16.0. The zero-order chi connectivity index (χ0) is 18.4. The van der Waals surface area contributed by atoms with Crippen molar-refractivity contribution in [1.29, 1.82) is 0 Å². The predicted octanol–water partition coefficient (Wildman–Crippen LogP) is 4.76. The van der Waals surface area contributed by atoms with Crippen LogP contribution in [0.25, 0.3) is 0 Å². The van der Waals surface area contributed by atoms with Crippen LogP contribution in [0, 0.1) is 13.8 Å². The number of hydrogen-bond donors (Lipinski definition) is 1. The molecule has 0 radical (unpaired) electrons. The molecule has 5 heteroatoms. The fourth-order valence-electron chi connectivity index (χ4n) is 2.99. The van der Waals surface area contributed by atoms with Crippen molar-refractivity contribution in [1.82, 2.24) is 4.90 Å². The molecule has 0 aliphatic carbocycles. The number of rotatable bonds is 4. The Labute approximate surface area is 159 Å². The minimum Gasteiger partial charge on any atom is -0.351 e. The highest BCUT2D eigenvalue weighted by molar-refractivity contribution is 8.14. The summed E-state index contributed by atoms with van der Waals surface area (Å²) in [6.07, 6.45) is 2.37. The largest absolute Gasteiger partial charge is 0.351 e. The molecule has 1 aliphatic heterocycles. The fourth-order valence-corrected chi connectivity index (χ4v) is 3.85. The maximum Gasteiger partial charge on any atom is 0.234 e. The molecule has 136 valence electrons. The summed E-state index contributed by atoms with van der Waals surface area (Å²) in [5.74, 6) is 0.358. The van der Waals surface area contributed by atoms with Gasteiger partial charge in [-0.25, -0.2) is 4.99 Å². The van der Waals surface area contributed by atoms with Gasteiger partial charge in [-0.3, -0.25) is 4.79 Å². The first-order valence-corrected chi connectivity index (χ1v) is 9.99. The quantitative estimate of drug-likeness (QED) is 0.626. The Kier molecular flexibility index (Phi) is 6.34. The lowest BCUT2D eigenvalue weighted by Gasteiger charge is -2.19. The third kappa shape index (κ3) is 5.11.